The van der Waals surface area contributed by atoms with Crippen LogP contribution in [0.15, 0.2) is 91.0 Å². The highest BCUT2D eigenvalue weighted by molar-refractivity contribution is 5.89. The first-order chi connectivity index (χ1) is 15.0. The van der Waals surface area contributed by atoms with Gasteiger partial charge in [-0.1, -0.05) is 30.3 Å². The predicted molar refractivity (Wildman–Crippen MR) is 123 cm³/mol. The Hall–Kier alpha value is -3.54. The zero-order chi connectivity index (χ0) is 21.8. The third kappa shape index (κ3) is 4.97. The van der Waals surface area contributed by atoms with Crippen LogP contribution in [0.4, 0.5) is 17.1 Å². The van der Waals surface area contributed by atoms with Crippen LogP contribution in [0.25, 0.3) is 10.8 Å². The quantitative estimate of drug-likeness (QED) is 0.377. The second-order valence-electron chi connectivity index (χ2n) is 7.29. The average Bonchev–Trinajstić information content (AvgIpc) is 2.75. The second-order valence-corrected chi connectivity index (χ2v) is 7.29. The normalized spacial score (nSPS) is 12.9. The van der Waals surface area contributed by atoms with Crippen LogP contribution in [0.3, 0.4) is 0 Å². The summed E-state index contributed by atoms with van der Waals surface area (Å²) in [5.74, 6) is 1.19. The van der Waals surface area contributed by atoms with Crippen LogP contribution < -0.4 is 14.4 Å². The second kappa shape index (κ2) is 9.08. The number of fused-ring (bicyclic) bond motifs is 1. The fourth-order valence-corrected chi connectivity index (χ4v) is 3.50. The minimum atomic E-state index is -0.871. The molecule has 0 saturated carbocycles. The van der Waals surface area contributed by atoms with Crippen molar-refractivity contribution in [2.24, 2.45) is 0 Å². The molecule has 2 atom stereocenters. The summed E-state index contributed by atoms with van der Waals surface area (Å²) in [6.07, 6.45) is -1.74. The van der Waals surface area contributed by atoms with Crippen molar-refractivity contribution in [2.45, 2.75) is 26.4 Å². The van der Waals surface area contributed by atoms with E-state index in [1.54, 1.807) is 13.8 Å². The lowest BCUT2D eigenvalue weighted by atomic mass is 10.1. The van der Waals surface area contributed by atoms with Gasteiger partial charge >= 0.3 is 0 Å². The number of hydrogen-bond acceptors (Lipinski definition) is 5. The maximum absolute atomic E-state index is 9.47. The van der Waals surface area contributed by atoms with Crippen molar-refractivity contribution < 1.29 is 19.7 Å². The fraction of sp³-hybridized carbons (Fsp3) is 0.154. The third-order valence-electron chi connectivity index (χ3n) is 4.79. The van der Waals surface area contributed by atoms with Gasteiger partial charge in [0.15, 0.2) is 12.6 Å². The van der Waals surface area contributed by atoms with E-state index in [-0.39, 0.29) is 0 Å². The van der Waals surface area contributed by atoms with Crippen molar-refractivity contribution in [2.75, 3.05) is 4.90 Å². The van der Waals surface area contributed by atoms with Crippen LogP contribution in [0.1, 0.15) is 13.8 Å². The number of nitrogens with zero attached hydrogens (tertiary/aromatic N) is 1. The Morgan fingerprint density at radius 1 is 0.581 bits per heavy atom. The van der Waals surface area contributed by atoms with Gasteiger partial charge in [0, 0.05) is 17.1 Å². The molecule has 0 radical (unpaired) electrons. The van der Waals surface area contributed by atoms with Crippen LogP contribution in [0.5, 0.6) is 11.5 Å². The smallest absolute Gasteiger partial charge is 0.194 e. The summed E-state index contributed by atoms with van der Waals surface area (Å²) in [6, 6.07) is 29.7. The van der Waals surface area contributed by atoms with E-state index in [2.05, 4.69) is 35.2 Å². The Bertz CT molecular complexity index is 1080. The summed E-state index contributed by atoms with van der Waals surface area (Å²) in [7, 11) is 0. The van der Waals surface area contributed by atoms with Gasteiger partial charge in [-0.3, -0.25) is 0 Å². The molecule has 4 aromatic carbocycles. The van der Waals surface area contributed by atoms with E-state index in [0.717, 1.165) is 22.4 Å². The summed E-state index contributed by atoms with van der Waals surface area (Å²) in [5, 5.41) is 21.3. The minimum Gasteiger partial charge on any atom is -0.465 e. The molecule has 0 amide bonds. The van der Waals surface area contributed by atoms with Crippen molar-refractivity contribution in [3.63, 3.8) is 0 Å². The van der Waals surface area contributed by atoms with E-state index >= 15 is 0 Å². The van der Waals surface area contributed by atoms with Crippen LogP contribution >= 0.6 is 0 Å². The number of rotatable bonds is 7. The zero-order valence-electron chi connectivity index (χ0n) is 17.5. The Balaban J connectivity index is 1.76. The van der Waals surface area contributed by atoms with Gasteiger partial charge in [0.2, 0.25) is 0 Å². The summed E-state index contributed by atoms with van der Waals surface area (Å²) in [5.41, 5.74) is 2.89. The maximum Gasteiger partial charge on any atom is 0.194 e. The van der Waals surface area contributed by atoms with Crippen molar-refractivity contribution in [1.29, 1.82) is 0 Å². The fourth-order valence-electron chi connectivity index (χ4n) is 3.50. The van der Waals surface area contributed by atoms with Crippen LogP contribution in [0.2, 0.25) is 0 Å². The Morgan fingerprint density at radius 2 is 1.03 bits per heavy atom. The van der Waals surface area contributed by atoms with Crippen LogP contribution in [-0.2, 0) is 0 Å². The number of anilines is 3. The molecule has 0 aliphatic rings. The highest BCUT2D eigenvalue weighted by Gasteiger charge is 2.14. The van der Waals surface area contributed by atoms with E-state index < -0.39 is 12.6 Å². The molecule has 0 fully saturated rings. The van der Waals surface area contributed by atoms with Gasteiger partial charge < -0.3 is 24.6 Å². The molecule has 0 bridgehead atoms. The number of benzene rings is 4. The van der Waals surface area contributed by atoms with Crippen LogP contribution in [-0.4, -0.2) is 22.8 Å². The average molecular weight is 415 g/mol. The molecule has 0 spiro atoms. The topological polar surface area (TPSA) is 62.2 Å². The Kier molecular flexibility index (Phi) is 6.07. The molecule has 0 heterocycles. The number of aliphatic hydroxyl groups excluding tert-OH is 2. The third-order valence-corrected chi connectivity index (χ3v) is 4.79. The van der Waals surface area contributed by atoms with Gasteiger partial charge in [-0.25, -0.2) is 0 Å². The molecule has 31 heavy (non-hydrogen) atoms. The summed E-state index contributed by atoms with van der Waals surface area (Å²) < 4.78 is 10.7. The molecule has 4 rings (SSSR count). The molecular formula is C26H25NO4. The van der Waals surface area contributed by atoms with E-state index in [1.807, 2.05) is 60.7 Å². The van der Waals surface area contributed by atoms with Gasteiger partial charge in [-0.05, 0) is 85.3 Å². The number of hydrogen-bond donors (Lipinski definition) is 2. The van der Waals surface area contributed by atoms with Gasteiger partial charge in [0.1, 0.15) is 11.5 Å². The summed E-state index contributed by atoms with van der Waals surface area (Å²) >= 11 is 0. The number of ether oxygens (including phenoxy) is 2. The Labute approximate surface area is 181 Å². The molecule has 0 aromatic heterocycles. The molecule has 2 unspecified atom stereocenters. The van der Waals surface area contributed by atoms with Crippen molar-refractivity contribution in [3.8, 4) is 11.5 Å². The minimum absolute atomic E-state index is 0.595. The number of aliphatic hydroxyl groups is 2. The molecule has 4 aromatic rings. The van der Waals surface area contributed by atoms with Gasteiger partial charge in [0.25, 0.3) is 0 Å². The van der Waals surface area contributed by atoms with Gasteiger partial charge in [-0.2, -0.15) is 0 Å². The highest BCUT2D eigenvalue weighted by Crippen LogP contribution is 2.37. The highest BCUT2D eigenvalue weighted by atomic mass is 16.6. The van der Waals surface area contributed by atoms with E-state index in [0.29, 0.717) is 11.5 Å². The maximum atomic E-state index is 9.47. The molecular weight excluding hydrogens is 390 g/mol. The van der Waals surface area contributed by atoms with Crippen molar-refractivity contribution in [1.82, 2.24) is 0 Å². The first kappa shape index (κ1) is 20.7. The molecule has 0 aliphatic heterocycles. The van der Waals surface area contributed by atoms with Gasteiger partial charge in [-0.15, -0.1) is 0 Å². The molecule has 158 valence electrons. The molecule has 0 aliphatic carbocycles. The monoisotopic (exact) mass is 415 g/mol. The van der Waals surface area contributed by atoms with Crippen molar-refractivity contribution >= 4 is 27.8 Å². The summed E-state index contributed by atoms with van der Waals surface area (Å²) in [6.45, 7) is 3.15. The van der Waals surface area contributed by atoms with Crippen molar-refractivity contribution in [3.05, 3.63) is 91.0 Å². The van der Waals surface area contributed by atoms with E-state index in [9.17, 15) is 10.2 Å². The first-order valence-corrected chi connectivity index (χ1v) is 10.2. The lowest BCUT2D eigenvalue weighted by molar-refractivity contribution is -0.000859. The molecule has 5 heteroatoms. The van der Waals surface area contributed by atoms with E-state index in [4.69, 9.17) is 9.47 Å². The first-order valence-electron chi connectivity index (χ1n) is 10.2. The molecule has 2 N–H and O–H groups in total. The molecule has 0 saturated heterocycles. The van der Waals surface area contributed by atoms with E-state index in [1.165, 1.54) is 5.39 Å². The SMILES string of the molecule is CC(O)Oc1ccc(N(c2ccc(OC(C)O)cc2)c2ccc3ccccc3c2)cc1. The van der Waals surface area contributed by atoms with Crippen LogP contribution in [0, 0.1) is 0 Å². The van der Waals surface area contributed by atoms with Gasteiger partial charge in [0.05, 0.1) is 0 Å². The Morgan fingerprint density at radius 3 is 1.52 bits per heavy atom. The largest absolute Gasteiger partial charge is 0.465 e. The molecule has 5 nitrogen and oxygen atoms in total. The predicted octanol–water partition coefficient (Wildman–Crippen LogP) is 5.74. The lowest BCUT2D eigenvalue weighted by Gasteiger charge is -2.26. The standard InChI is InChI=1S/C26H25NO4/c1-18(28)30-25-13-9-22(10-14-25)27(23-11-15-26(16-12-23)31-19(2)29)24-8-7-20-5-3-4-6-21(20)17-24/h3-19,28-29H,1-2H3. The summed E-state index contributed by atoms with van der Waals surface area (Å²) in [4.78, 5) is 2.13. The zero-order valence-corrected chi connectivity index (χ0v) is 17.5. The lowest BCUT2D eigenvalue weighted by Crippen LogP contribution is -2.12.